The number of aryl methyl sites for hydroxylation is 1. The Morgan fingerprint density at radius 1 is 0.490 bits per heavy atom. The molecule has 0 spiro atoms. The molecule has 3 aromatic carbocycles. The van der Waals surface area contributed by atoms with Gasteiger partial charge in [-0.15, -0.1) is 26.3 Å². The Morgan fingerprint density at radius 2 is 0.863 bits per heavy atom. The van der Waals surface area contributed by atoms with Gasteiger partial charge in [-0.05, 0) is 77.2 Å². The van der Waals surface area contributed by atoms with Crippen LogP contribution in [0.4, 0.5) is 26.3 Å². The van der Waals surface area contributed by atoms with Gasteiger partial charge in [-0.1, -0.05) is 6.07 Å². The highest BCUT2D eigenvalue weighted by atomic mass is 19.4. The zero-order chi connectivity index (χ0) is 37.4. The van der Waals surface area contributed by atoms with Crippen molar-refractivity contribution in [2.45, 2.75) is 19.6 Å². The molecule has 0 bridgehead atoms. The number of halogens is 6. The fourth-order valence-corrected chi connectivity index (χ4v) is 5.74. The van der Waals surface area contributed by atoms with E-state index in [0.29, 0.717) is 5.56 Å². The Kier molecular flexibility index (Phi) is 8.60. The molecule has 0 saturated heterocycles. The van der Waals surface area contributed by atoms with Crippen molar-refractivity contribution in [1.82, 2.24) is 0 Å². The normalized spacial score (nSPS) is 15.1. The molecule has 9 nitrogen and oxygen atoms in total. The molecule has 0 radical (unpaired) electrons. The van der Waals surface area contributed by atoms with Crippen LogP contribution in [0.3, 0.4) is 0 Å². The molecule has 0 fully saturated rings. The second-order valence-corrected chi connectivity index (χ2v) is 10.6. The number of hydrogen-bond acceptors (Lipinski definition) is 9. The lowest BCUT2D eigenvalue weighted by Gasteiger charge is -2.16. The summed E-state index contributed by atoms with van der Waals surface area (Å²) in [5.41, 5.74) is -5.76. The van der Waals surface area contributed by atoms with Crippen LogP contribution in [0.1, 0.15) is 55.6 Å². The molecule has 0 atom stereocenters. The summed E-state index contributed by atoms with van der Waals surface area (Å²) in [5.74, 6) is -2.32. The lowest BCUT2D eigenvalue weighted by atomic mass is 9.89. The average molecular weight is 688 g/mol. The number of benzene rings is 3. The van der Waals surface area contributed by atoms with E-state index in [-0.39, 0.29) is 44.5 Å². The molecule has 0 amide bonds. The van der Waals surface area contributed by atoms with E-state index in [9.17, 15) is 63.2 Å². The van der Waals surface area contributed by atoms with Crippen LogP contribution >= 0.6 is 0 Å². The van der Waals surface area contributed by atoms with Gasteiger partial charge in [0.05, 0.1) is 46.0 Å². The molecular weight excluding hydrogens is 676 g/mol. The topological polar surface area (TPSA) is 185 Å². The van der Waals surface area contributed by atoms with Crippen LogP contribution in [0.25, 0.3) is 33.4 Å². The van der Waals surface area contributed by atoms with Crippen molar-refractivity contribution in [2.75, 3.05) is 0 Å². The molecule has 0 saturated carbocycles. The van der Waals surface area contributed by atoms with Gasteiger partial charge in [0.2, 0.25) is 0 Å². The fourth-order valence-electron chi connectivity index (χ4n) is 5.74. The van der Waals surface area contributed by atoms with Gasteiger partial charge in [0.1, 0.15) is 35.4 Å². The highest BCUT2D eigenvalue weighted by molar-refractivity contribution is 6.18. The smallest absolute Gasteiger partial charge is 0.404 e. The Morgan fingerprint density at radius 3 is 1.22 bits per heavy atom. The molecule has 0 unspecified atom stereocenters. The molecule has 3 aromatic rings. The van der Waals surface area contributed by atoms with Crippen LogP contribution in [-0.2, 0) is 9.47 Å². The van der Waals surface area contributed by atoms with Crippen LogP contribution < -0.4 is 0 Å². The predicted octanol–water partition coefficient (Wildman–Crippen LogP) is 8.05. The third-order valence-corrected chi connectivity index (χ3v) is 7.50. The summed E-state index contributed by atoms with van der Waals surface area (Å²) in [6.07, 6.45) is -10.9. The Labute approximate surface area is 283 Å². The quantitative estimate of drug-likeness (QED) is 0.193. The molecule has 0 aromatic heterocycles. The van der Waals surface area contributed by atoms with Gasteiger partial charge in [-0.3, -0.25) is 0 Å². The maximum absolute atomic E-state index is 13.9. The summed E-state index contributed by atoms with van der Waals surface area (Å²) in [4.78, 5) is 0. The number of alkyl halides is 6. The standard InChI is InChI=1S/C36H11F6N7O2/c1-17-2-18(10-43)5-21(3-17)27(13-46)31-25-9-26-24(8-23(25)29(15-48)33(31)50-35(37,38)39)30(16-49)34(51-36(40,41)42)32(26)28(14-47)22-6-19(11-44)4-20(7-22)12-45/h2-9H,1H3/b31-27-,32-28-. The van der Waals surface area contributed by atoms with Crippen LogP contribution in [0, 0.1) is 86.2 Å². The van der Waals surface area contributed by atoms with E-state index in [1.165, 1.54) is 18.2 Å². The summed E-state index contributed by atoms with van der Waals surface area (Å²) in [7, 11) is 0. The first kappa shape index (κ1) is 34.6. The van der Waals surface area contributed by atoms with Crippen molar-refractivity contribution in [3.05, 3.63) is 116 Å². The van der Waals surface area contributed by atoms with E-state index in [1.807, 2.05) is 6.07 Å². The minimum Gasteiger partial charge on any atom is -0.404 e. The van der Waals surface area contributed by atoms with Crippen molar-refractivity contribution in [3.63, 3.8) is 0 Å². The predicted molar refractivity (Wildman–Crippen MR) is 162 cm³/mol. The SMILES string of the molecule is Cc1cc(C#N)cc(/C(C#N)=C2\C(OC(F)(F)F)=C(C#N)c3cc4c(cc32)/C(=C(\C#N)c2cc(C#N)cc(C#N)c2)C(OC(F)(F)F)=C4C#N)c1. The van der Waals surface area contributed by atoms with Crippen molar-refractivity contribution < 1.29 is 35.8 Å². The number of rotatable bonds is 4. The Hall–Kier alpha value is -7.77. The third-order valence-electron chi connectivity index (χ3n) is 7.50. The van der Waals surface area contributed by atoms with E-state index in [1.54, 1.807) is 43.3 Å². The first-order chi connectivity index (χ1) is 24.1. The van der Waals surface area contributed by atoms with Crippen molar-refractivity contribution in [1.29, 1.82) is 36.8 Å². The maximum Gasteiger partial charge on any atom is 0.573 e. The lowest BCUT2D eigenvalue weighted by Crippen LogP contribution is -2.14. The number of ether oxygens (including phenoxy) is 2. The first-order valence-corrected chi connectivity index (χ1v) is 13.9. The second kappa shape index (κ2) is 12.7. The van der Waals surface area contributed by atoms with E-state index in [0.717, 1.165) is 30.3 Å². The lowest BCUT2D eigenvalue weighted by molar-refractivity contribution is -0.303. The summed E-state index contributed by atoms with van der Waals surface area (Å²) in [6, 6.07) is 21.3. The van der Waals surface area contributed by atoms with E-state index < -0.39 is 63.2 Å². The van der Waals surface area contributed by atoms with E-state index in [2.05, 4.69) is 9.47 Å². The van der Waals surface area contributed by atoms with E-state index in [4.69, 9.17) is 0 Å². The zero-order valence-electron chi connectivity index (χ0n) is 25.3. The number of hydrogen-bond donors (Lipinski definition) is 0. The van der Waals surface area contributed by atoms with E-state index >= 15 is 0 Å². The van der Waals surface area contributed by atoms with Crippen LogP contribution in [0.5, 0.6) is 0 Å². The maximum atomic E-state index is 13.9. The molecule has 244 valence electrons. The molecule has 2 aliphatic carbocycles. The minimum absolute atomic E-state index is 0.0188. The van der Waals surface area contributed by atoms with Gasteiger partial charge in [-0.2, -0.15) is 36.8 Å². The molecule has 15 heteroatoms. The fraction of sp³-hybridized carbons (Fsp3) is 0.0833. The largest absolute Gasteiger partial charge is 0.573 e. The minimum atomic E-state index is -5.45. The highest BCUT2D eigenvalue weighted by Crippen LogP contribution is 2.54. The first-order valence-electron chi connectivity index (χ1n) is 13.9. The van der Waals surface area contributed by atoms with Crippen molar-refractivity contribution in [3.8, 4) is 42.5 Å². The van der Waals surface area contributed by atoms with Gasteiger partial charge >= 0.3 is 12.7 Å². The molecule has 0 heterocycles. The Balaban J connectivity index is 1.99. The molecule has 5 rings (SSSR count). The molecule has 51 heavy (non-hydrogen) atoms. The average Bonchev–Trinajstić information content (AvgIpc) is 3.52. The van der Waals surface area contributed by atoms with Crippen molar-refractivity contribution >= 4 is 33.4 Å². The van der Waals surface area contributed by atoms with Gasteiger partial charge in [0.15, 0.2) is 11.5 Å². The van der Waals surface area contributed by atoms with Crippen molar-refractivity contribution in [2.24, 2.45) is 0 Å². The summed E-state index contributed by atoms with van der Waals surface area (Å²) in [6.45, 7) is 1.54. The number of nitrogens with zero attached hydrogens (tertiary/aromatic N) is 7. The molecule has 2 aliphatic rings. The number of nitriles is 7. The second-order valence-electron chi connectivity index (χ2n) is 10.6. The monoisotopic (exact) mass is 687 g/mol. The summed E-state index contributed by atoms with van der Waals surface area (Å²) < 4.78 is 91.8. The van der Waals surface area contributed by atoms with Crippen LogP contribution in [0.15, 0.2) is 60.0 Å². The third kappa shape index (κ3) is 6.29. The summed E-state index contributed by atoms with van der Waals surface area (Å²) in [5, 5.41) is 69.3. The molecule has 0 aliphatic heterocycles. The number of fused-ring (bicyclic) bond motifs is 2. The van der Waals surface area contributed by atoms with Gasteiger partial charge < -0.3 is 9.47 Å². The van der Waals surface area contributed by atoms with Crippen LogP contribution in [-0.4, -0.2) is 12.7 Å². The van der Waals surface area contributed by atoms with Gasteiger partial charge in [-0.25, -0.2) is 0 Å². The van der Waals surface area contributed by atoms with Gasteiger partial charge in [0, 0.05) is 22.3 Å². The molecular formula is C36H11F6N7O2. The zero-order valence-corrected chi connectivity index (χ0v) is 25.3. The Bertz CT molecular complexity index is 2510. The summed E-state index contributed by atoms with van der Waals surface area (Å²) >= 11 is 0. The highest BCUT2D eigenvalue weighted by Gasteiger charge is 2.44. The number of allylic oxidation sites excluding steroid dienone is 6. The van der Waals surface area contributed by atoms with Crippen LogP contribution in [0.2, 0.25) is 0 Å². The van der Waals surface area contributed by atoms with Gasteiger partial charge in [0.25, 0.3) is 0 Å². The molecule has 0 N–H and O–H groups in total.